The number of rotatable bonds is 5. The number of hydrogen-bond acceptors (Lipinski definition) is 4. The molecule has 1 heterocycles. The standard InChI is InChI=1S/C18H28N2O4S/c1-6-18(4,5)17(21)19-15-11-13(2)14(3)16(12-15)25(22,23)20-7-9-24-10-8-20/h11-12H,6-10H2,1-5H3,(H,19,21). The SMILES string of the molecule is CCC(C)(C)C(=O)Nc1cc(C)c(C)c(S(=O)(=O)N2CCOCC2)c1. The second-order valence-corrected chi connectivity index (χ2v) is 9.03. The Morgan fingerprint density at radius 3 is 2.40 bits per heavy atom. The molecule has 1 fully saturated rings. The number of nitrogens with one attached hydrogen (secondary N) is 1. The zero-order valence-corrected chi connectivity index (χ0v) is 16.5. The van der Waals surface area contributed by atoms with Crippen LogP contribution in [0.1, 0.15) is 38.3 Å². The van der Waals surface area contributed by atoms with Gasteiger partial charge in [-0.15, -0.1) is 0 Å². The van der Waals surface area contributed by atoms with E-state index in [9.17, 15) is 13.2 Å². The summed E-state index contributed by atoms with van der Waals surface area (Å²) in [7, 11) is -3.61. The molecule has 0 atom stereocenters. The quantitative estimate of drug-likeness (QED) is 0.867. The molecular weight excluding hydrogens is 340 g/mol. The third kappa shape index (κ3) is 4.22. The number of carbonyl (C=O) groups excluding carboxylic acids is 1. The van der Waals surface area contributed by atoms with Crippen LogP contribution in [0.3, 0.4) is 0 Å². The van der Waals surface area contributed by atoms with Gasteiger partial charge in [-0.1, -0.05) is 20.8 Å². The van der Waals surface area contributed by atoms with Gasteiger partial charge in [0.1, 0.15) is 0 Å². The third-order valence-electron chi connectivity index (χ3n) is 4.96. The minimum atomic E-state index is -3.61. The van der Waals surface area contributed by atoms with Gasteiger partial charge in [-0.2, -0.15) is 4.31 Å². The van der Waals surface area contributed by atoms with E-state index in [1.54, 1.807) is 13.0 Å². The number of benzene rings is 1. The second kappa shape index (κ2) is 7.43. The van der Waals surface area contributed by atoms with Crippen LogP contribution in [0.4, 0.5) is 5.69 Å². The van der Waals surface area contributed by atoms with Crippen LogP contribution in [-0.2, 0) is 19.6 Å². The van der Waals surface area contributed by atoms with E-state index in [0.29, 0.717) is 44.0 Å². The van der Waals surface area contributed by atoms with Gasteiger partial charge in [-0.3, -0.25) is 4.79 Å². The van der Waals surface area contributed by atoms with Gasteiger partial charge in [-0.25, -0.2) is 8.42 Å². The molecule has 0 saturated carbocycles. The van der Waals surface area contributed by atoms with Gasteiger partial charge in [0.25, 0.3) is 0 Å². The highest BCUT2D eigenvalue weighted by atomic mass is 32.2. The Morgan fingerprint density at radius 2 is 1.84 bits per heavy atom. The van der Waals surface area contributed by atoms with E-state index >= 15 is 0 Å². The minimum Gasteiger partial charge on any atom is -0.379 e. The van der Waals surface area contributed by atoms with Crippen LogP contribution in [0.2, 0.25) is 0 Å². The first kappa shape index (κ1) is 19.9. The van der Waals surface area contributed by atoms with E-state index in [2.05, 4.69) is 5.32 Å². The van der Waals surface area contributed by atoms with E-state index in [1.165, 1.54) is 4.31 Å². The molecule has 0 spiro atoms. The molecule has 25 heavy (non-hydrogen) atoms. The van der Waals surface area contributed by atoms with Crippen LogP contribution < -0.4 is 5.32 Å². The molecule has 2 rings (SSSR count). The highest BCUT2D eigenvalue weighted by molar-refractivity contribution is 7.89. The molecule has 0 aromatic heterocycles. The summed E-state index contributed by atoms with van der Waals surface area (Å²) in [5, 5.41) is 2.87. The molecule has 1 aliphatic heterocycles. The molecule has 0 radical (unpaired) electrons. The Labute approximate surface area is 150 Å². The highest BCUT2D eigenvalue weighted by Crippen LogP contribution is 2.29. The summed E-state index contributed by atoms with van der Waals surface area (Å²) < 4.78 is 32.7. The Morgan fingerprint density at radius 1 is 1.24 bits per heavy atom. The van der Waals surface area contributed by atoms with E-state index in [4.69, 9.17) is 4.74 Å². The molecule has 1 aromatic carbocycles. The lowest BCUT2D eigenvalue weighted by Gasteiger charge is -2.27. The van der Waals surface area contributed by atoms with Gasteiger partial charge >= 0.3 is 0 Å². The lowest BCUT2D eigenvalue weighted by molar-refractivity contribution is -0.124. The molecule has 1 amide bonds. The van der Waals surface area contributed by atoms with Crippen LogP contribution in [0, 0.1) is 19.3 Å². The van der Waals surface area contributed by atoms with E-state index in [1.807, 2.05) is 33.8 Å². The maximum absolute atomic E-state index is 13.0. The van der Waals surface area contributed by atoms with Crippen molar-refractivity contribution in [3.63, 3.8) is 0 Å². The van der Waals surface area contributed by atoms with Crippen molar-refractivity contribution in [3.05, 3.63) is 23.3 Å². The minimum absolute atomic E-state index is 0.118. The van der Waals surface area contributed by atoms with E-state index < -0.39 is 15.4 Å². The molecular formula is C18H28N2O4S. The molecule has 1 saturated heterocycles. The van der Waals surface area contributed by atoms with Crippen LogP contribution in [0.5, 0.6) is 0 Å². The van der Waals surface area contributed by atoms with Crippen molar-refractivity contribution in [3.8, 4) is 0 Å². The first-order chi connectivity index (χ1) is 11.6. The maximum atomic E-state index is 13.0. The van der Waals surface area contributed by atoms with Gasteiger partial charge in [0.15, 0.2) is 0 Å². The van der Waals surface area contributed by atoms with Crippen molar-refractivity contribution >= 4 is 21.6 Å². The fourth-order valence-corrected chi connectivity index (χ4v) is 4.29. The molecule has 7 heteroatoms. The molecule has 0 unspecified atom stereocenters. The molecule has 140 valence electrons. The Balaban J connectivity index is 2.39. The molecule has 0 aliphatic carbocycles. The Kier molecular flexibility index (Phi) is 5.91. The van der Waals surface area contributed by atoms with Gasteiger partial charge < -0.3 is 10.1 Å². The summed E-state index contributed by atoms with van der Waals surface area (Å²) in [6.07, 6.45) is 0.697. The predicted molar refractivity (Wildman–Crippen MR) is 98.2 cm³/mol. The average Bonchev–Trinajstić information content (AvgIpc) is 2.58. The smallest absolute Gasteiger partial charge is 0.243 e. The lowest BCUT2D eigenvalue weighted by Crippen LogP contribution is -2.41. The zero-order chi connectivity index (χ0) is 18.8. The Hall–Kier alpha value is -1.44. The second-order valence-electron chi connectivity index (χ2n) is 7.12. The van der Waals surface area contributed by atoms with Gasteiger partial charge in [0.2, 0.25) is 15.9 Å². The molecule has 1 N–H and O–H groups in total. The lowest BCUT2D eigenvalue weighted by atomic mass is 9.89. The van der Waals surface area contributed by atoms with Crippen LogP contribution >= 0.6 is 0 Å². The van der Waals surface area contributed by atoms with E-state index in [0.717, 1.165) is 5.56 Å². The first-order valence-electron chi connectivity index (χ1n) is 8.60. The fraction of sp³-hybridized carbons (Fsp3) is 0.611. The largest absolute Gasteiger partial charge is 0.379 e. The summed E-state index contributed by atoms with van der Waals surface area (Å²) in [6, 6.07) is 3.38. The zero-order valence-electron chi connectivity index (χ0n) is 15.7. The van der Waals surface area contributed by atoms with Crippen molar-refractivity contribution in [1.82, 2.24) is 4.31 Å². The Bertz CT molecular complexity index is 751. The molecule has 1 aromatic rings. The summed E-state index contributed by atoms with van der Waals surface area (Å²) >= 11 is 0. The third-order valence-corrected chi connectivity index (χ3v) is 6.99. The summed E-state index contributed by atoms with van der Waals surface area (Å²) in [5.74, 6) is -0.118. The summed E-state index contributed by atoms with van der Waals surface area (Å²) in [5.41, 5.74) is 1.54. The van der Waals surface area contributed by atoms with E-state index in [-0.39, 0.29) is 10.8 Å². The number of ether oxygens (including phenoxy) is 1. The normalized spacial score (nSPS) is 16.7. The number of aryl methyl sites for hydroxylation is 1. The fourth-order valence-electron chi connectivity index (χ4n) is 2.55. The predicted octanol–water partition coefficient (Wildman–Crippen LogP) is 2.70. The topological polar surface area (TPSA) is 75.7 Å². The monoisotopic (exact) mass is 368 g/mol. The molecule has 1 aliphatic rings. The first-order valence-corrected chi connectivity index (χ1v) is 10.0. The number of amides is 1. The number of carbonyl (C=O) groups is 1. The molecule has 0 bridgehead atoms. The van der Waals surface area contributed by atoms with Gasteiger partial charge in [0.05, 0.1) is 18.1 Å². The average molecular weight is 368 g/mol. The van der Waals surface area contributed by atoms with Crippen LogP contribution in [0.15, 0.2) is 17.0 Å². The van der Waals surface area contributed by atoms with Gasteiger partial charge in [0, 0.05) is 24.2 Å². The summed E-state index contributed by atoms with van der Waals surface area (Å²) in [4.78, 5) is 12.7. The van der Waals surface area contributed by atoms with Crippen molar-refractivity contribution in [2.45, 2.75) is 45.9 Å². The number of morpholine rings is 1. The summed E-state index contributed by atoms with van der Waals surface area (Å²) in [6.45, 7) is 10.8. The maximum Gasteiger partial charge on any atom is 0.243 e. The van der Waals surface area contributed by atoms with Crippen molar-refractivity contribution in [2.75, 3.05) is 31.6 Å². The number of sulfonamides is 1. The number of hydrogen-bond donors (Lipinski definition) is 1. The number of nitrogens with zero attached hydrogens (tertiary/aromatic N) is 1. The van der Waals surface area contributed by atoms with Crippen LogP contribution in [0.25, 0.3) is 0 Å². The highest BCUT2D eigenvalue weighted by Gasteiger charge is 2.30. The van der Waals surface area contributed by atoms with Gasteiger partial charge in [-0.05, 0) is 43.5 Å². The molecule has 6 nitrogen and oxygen atoms in total. The van der Waals surface area contributed by atoms with Crippen LogP contribution in [-0.4, -0.2) is 44.9 Å². The van der Waals surface area contributed by atoms with Crippen molar-refractivity contribution in [2.24, 2.45) is 5.41 Å². The van der Waals surface area contributed by atoms with Crippen molar-refractivity contribution in [1.29, 1.82) is 0 Å². The van der Waals surface area contributed by atoms with Crippen molar-refractivity contribution < 1.29 is 17.9 Å². The number of anilines is 1.